The van der Waals surface area contributed by atoms with Gasteiger partial charge in [0.2, 0.25) is 10.0 Å². The number of aliphatic hydroxyl groups is 1. The van der Waals surface area contributed by atoms with Crippen molar-refractivity contribution in [3.63, 3.8) is 0 Å². The van der Waals surface area contributed by atoms with E-state index in [0.29, 0.717) is 43.9 Å². The third-order valence-electron chi connectivity index (χ3n) is 6.65. The second-order valence-corrected chi connectivity index (χ2v) is 10.7. The van der Waals surface area contributed by atoms with E-state index < -0.39 is 21.4 Å². The maximum atomic E-state index is 13.4. The molecule has 8 heteroatoms. The van der Waals surface area contributed by atoms with Crippen LogP contribution in [-0.4, -0.2) is 54.5 Å². The molecule has 148 valence electrons. The monoisotopic (exact) mass is 413 g/mol. The summed E-state index contributed by atoms with van der Waals surface area (Å²) in [6, 6.07) is 5.87. The molecule has 3 saturated heterocycles. The summed E-state index contributed by atoms with van der Waals surface area (Å²) in [5.41, 5.74) is -0.603. The van der Waals surface area contributed by atoms with Crippen molar-refractivity contribution in [2.24, 2.45) is 5.92 Å². The van der Waals surface area contributed by atoms with Crippen LogP contribution in [0.5, 0.6) is 0 Å². The first-order chi connectivity index (χ1) is 12.8. The molecular formula is C19H24ClNO5S. The van der Waals surface area contributed by atoms with E-state index in [1.807, 2.05) is 0 Å². The van der Waals surface area contributed by atoms with Crippen molar-refractivity contribution in [1.29, 1.82) is 0 Å². The van der Waals surface area contributed by atoms with Crippen LogP contribution in [0.1, 0.15) is 38.5 Å². The van der Waals surface area contributed by atoms with E-state index in [4.69, 9.17) is 21.1 Å². The number of benzene rings is 1. The third kappa shape index (κ3) is 3.03. The molecule has 2 unspecified atom stereocenters. The lowest BCUT2D eigenvalue weighted by Gasteiger charge is -2.53. The van der Waals surface area contributed by atoms with E-state index in [2.05, 4.69) is 0 Å². The van der Waals surface area contributed by atoms with E-state index in [9.17, 15) is 13.5 Å². The number of nitrogens with zero attached hydrogens (tertiary/aromatic N) is 1. The van der Waals surface area contributed by atoms with Crippen LogP contribution >= 0.6 is 11.6 Å². The molecule has 2 atom stereocenters. The molecular weight excluding hydrogens is 390 g/mol. The molecule has 3 aliphatic heterocycles. The number of fused-ring (bicyclic) bond motifs is 2. The summed E-state index contributed by atoms with van der Waals surface area (Å²) in [7, 11) is -3.65. The normalized spacial score (nSPS) is 34.7. The predicted octanol–water partition coefficient (Wildman–Crippen LogP) is 2.54. The zero-order valence-electron chi connectivity index (χ0n) is 15.0. The molecule has 1 saturated carbocycles. The van der Waals surface area contributed by atoms with Gasteiger partial charge in [-0.2, -0.15) is 4.31 Å². The molecule has 4 aliphatic rings. The van der Waals surface area contributed by atoms with E-state index in [1.54, 1.807) is 28.6 Å². The smallest absolute Gasteiger partial charge is 0.243 e. The lowest BCUT2D eigenvalue weighted by Crippen LogP contribution is -2.62. The first kappa shape index (κ1) is 18.3. The molecule has 1 aromatic rings. The number of sulfonamides is 1. The number of rotatable bonds is 3. The summed E-state index contributed by atoms with van der Waals surface area (Å²) in [6.07, 6.45) is 3.97. The van der Waals surface area contributed by atoms with Gasteiger partial charge in [0.15, 0.2) is 5.79 Å². The van der Waals surface area contributed by atoms with E-state index in [0.717, 1.165) is 12.8 Å². The average Bonchev–Trinajstić information content (AvgIpc) is 3.22. The van der Waals surface area contributed by atoms with Crippen LogP contribution in [0.2, 0.25) is 5.02 Å². The molecule has 27 heavy (non-hydrogen) atoms. The standard InChI is InChI=1S/C19H24ClNO5S/c20-14-1-3-17(4-2-14)27(23,24)21-15-9-13(18(22)5-6-18)10-16(21)12-19(11-15)25-7-8-26-19/h1-4,13,15-16,22H,5-12H2. The van der Waals surface area contributed by atoms with Gasteiger partial charge in [-0.25, -0.2) is 8.42 Å². The number of hydrogen-bond acceptors (Lipinski definition) is 5. The first-order valence-corrected chi connectivity index (χ1v) is 11.4. The Morgan fingerprint density at radius 2 is 1.59 bits per heavy atom. The molecule has 1 aromatic carbocycles. The highest BCUT2D eigenvalue weighted by molar-refractivity contribution is 7.89. The van der Waals surface area contributed by atoms with Gasteiger partial charge in [-0.1, -0.05) is 11.6 Å². The van der Waals surface area contributed by atoms with Gasteiger partial charge in [0.25, 0.3) is 0 Å². The quantitative estimate of drug-likeness (QED) is 0.824. The minimum Gasteiger partial charge on any atom is -0.390 e. The molecule has 3 heterocycles. The maximum absolute atomic E-state index is 13.4. The largest absolute Gasteiger partial charge is 0.390 e. The van der Waals surface area contributed by atoms with Crippen LogP contribution in [0.4, 0.5) is 0 Å². The van der Waals surface area contributed by atoms with Gasteiger partial charge in [-0.3, -0.25) is 0 Å². The Bertz CT molecular complexity index is 814. The molecule has 0 amide bonds. The lowest BCUT2D eigenvalue weighted by molar-refractivity contribution is -0.211. The highest BCUT2D eigenvalue weighted by Gasteiger charge is 2.59. The average molecular weight is 414 g/mol. The summed E-state index contributed by atoms with van der Waals surface area (Å²) in [5, 5.41) is 11.2. The van der Waals surface area contributed by atoms with Crippen molar-refractivity contribution < 1.29 is 23.0 Å². The van der Waals surface area contributed by atoms with Crippen LogP contribution < -0.4 is 0 Å². The first-order valence-electron chi connectivity index (χ1n) is 9.61. The van der Waals surface area contributed by atoms with Crippen molar-refractivity contribution >= 4 is 21.6 Å². The van der Waals surface area contributed by atoms with Crippen molar-refractivity contribution in [3.05, 3.63) is 29.3 Å². The molecule has 6 nitrogen and oxygen atoms in total. The number of halogens is 1. The Morgan fingerprint density at radius 1 is 1.04 bits per heavy atom. The molecule has 0 radical (unpaired) electrons. The molecule has 0 aromatic heterocycles. The Kier molecular flexibility index (Phi) is 4.17. The van der Waals surface area contributed by atoms with Crippen LogP contribution in [0, 0.1) is 5.92 Å². The summed E-state index contributed by atoms with van der Waals surface area (Å²) >= 11 is 5.93. The summed E-state index contributed by atoms with van der Waals surface area (Å²) in [4.78, 5) is 0.259. The van der Waals surface area contributed by atoms with Crippen molar-refractivity contribution in [2.45, 2.75) is 66.9 Å². The van der Waals surface area contributed by atoms with Gasteiger partial charge >= 0.3 is 0 Å². The predicted molar refractivity (Wildman–Crippen MR) is 98.8 cm³/mol. The van der Waals surface area contributed by atoms with Crippen molar-refractivity contribution in [2.75, 3.05) is 13.2 Å². The Balaban J connectivity index is 1.49. The summed E-state index contributed by atoms with van der Waals surface area (Å²) < 4.78 is 40.3. The van der Waals surface area contributed by atoms with Gasteiger partial charge in [-0.05, 0) is 55.9 Å². The Morgan fingerprint density at radius 3 is 2.11 bits per heavy atom. The Labute approximate surface area is 164 Å². The number of ether oxygens (including phenoxy) is 2. The highest BCUT2D eigenvalue weighted by Crippen LogP contribution is 2.54. The van der Waals surface area contributed by atoms with Crippen LogP contribution in [0.3, 0.4) is 0 Å². The molecule has 4 fully saturated rings. The van der Waals surface area contributed by atoms with Gasteiger partial charge < -0.3 is 14.6 Å². The fourth-order valence-electron chi connectivity index (χ4n) is 5.24. The topological polar surface area (TPSA) is 76.1 Å². The highest BCUT2D eigenvalue weighted by atomic mass is 35.5. The fourth-order valence-corrected chi connectivity index (χ4v) is 7.19. The SMILES string of the molecule is O=S(=O)(c1ccc(Cl)cc1)N1C2CC(C3(O)CC3)CC1CC1(C2)OCCO1. The summed E-state index contributed by atoms with van der Waals surface area (Å²) in [6.45, 7) is 1.10. The van der Waals surface area contributed by atoms with Crippen LogP contribution in [-0.2, 0) is 19.5 Å². The second-order valence-electron chi connectivity index (χ2n) is 8.38. The molecule has 5 rings (SSSR count). The van der Waals surface area contributed by atoms with Gasteiger partial charge in [-0.15, -0.1) is 0 Å². The fraction of sp³-hybridized carbons (Fsp3) is 0.684. The lowest BCUT2D eigenvalue weighted by atomic mass is 9.74. The van der Waals surface area contributed by atoms with Gasteiger partial charge in [0.05, 0.1) is 23.7 Å². The second kappa shape index (κ2) is 6.15. The summed E-state index contributed by atoms with van der Waals surface area (Å²) in [5.74, 6) is -0.527. The molecule has 1 aliphatic carbocycles. The minimum atomic E-state index is -3.65. The van der Waals surface area contributed by atoms with E-state index >= 15 is 0 Å². The number of hydrogen-bond donors (Lipinski definition) is 1. The van der Waals surface area contributed by atoms with Crippen molar-refractivity contribution in [1.82, 2.24) is 4.31 Å². The maximum Gasteiger partial charge on any atom is 0.243 e. The van der Waals surface area contributed by atoms with Gasteiger partial charge in [0.1, 0.15) is 0 Å². The minimum absolute atomic E-state index is 0.142. The third-order valence-corrected chi connectivity index (χ3v) is 8.92. The van der Waals surface area contributed by atoms with E-state index in [-0.39, 0.29) is 22.9 Å². The Hall–Kier alpha value is -0.700. The molecule has 2 bridgehead atoms. The molecule has 1 spiro atoms. The molecule has 1 N–H and O–H groups in total. The van der Waals surface area contributed by atoms with Crippen molar-refractivity contribution in [3.8, 4) is 0 Å². The van der Waals surface area contributed by atoms with Crippen LogP contribution in [0.25, 0.3) is 0 Å². The van der Waals surface area contributed by atoms with Gasteiger partial charge in [0, 0.05) is 29.9 Å². The van der Waals surface area contributed by atoms with E-state index in [1.165, 1.54) is 0 Å². The zero-order chi connectivity index (χ0) is 18.9. The zero-order valence-corrected chi connectivity index (χ0v) is 16.6. The number of piperidine rings is 2. The van der Waals surface area contributed by atoms with Crippen LogP contribution in [0.15, 0.2) is 29.2 Å².